The van der Waals surface area contributed by atoms with Gasteiger partial charge in [0.1, 0.15) is 5.75 Å². The van der Waals surface area contributed by atoms with E-state index in [1.807, 2.05) is 24.6 Å². The van der Waals surface area contributed by atoms with Crippen LogP contribution in [0.5, 0.6) is 5.75 Å². The zero-order valence-corrected chi connectivity index (χ0v) is 17.1. The van der Waals surface area contributed by atoms with Gasteiger partial charge in [-0.1, -0.05) is 59.2 Å². The van der Waals surface area contributed by atoms with Gasteiger partial charge in [0.25, 0.3) is 0 Å². The summed E-state index contributed by atoms with van der Waals surface area (Å²) in [6, 6.07) is 13.5. The van der Waals surface area contributed by atoms with E-state index in [1.54, 1.807) is 30.0 Å². The number of hydrogen-bond acceptors (Lipinski definition) is 4. The first kappa shape index (κ1) is 19.1. The Balaban J connectivity index is 1.70. The minimum absolute atomic E-state index is 0.293. The molecular weight excluding hydrogens is 389 g/mol. The summed E-state index contributed by atoms with van der Waals surface area (Å²) in [7, 11) is 1.94. The predicted molar refractivity (Wildman–Crippen MR) is 107 cm³/mol. The van der Waals surface area contributed by atoms with Crippen molar-refractivity contribution in [2.24, 2.45) is 7.05 Å². The Kier molecular flexibility index (Phi) is 6.12. The molecule has 1 unspecified atom stereocenters. The number of aryl methyl sites for hydroxylation is 1. The van der Waals surface area contributed by atoms with E-state index in [4.69, 9.17) is 27.9 Å². The van der Waals surface area contributed by atoms with E-state index in [0.717, 1.165) is 16.7 Å². The lowest BCUT2D eigenvalue weighted by Gasteiger charge is -2.15. The third-order valence-corrected chi connectivity index (χ3v) is 5.65. The Morgan fingerprint density at radius 2 is 1.92 bits per heavy atom. The molecule has 0 saturated carbocycles. The maximum Gasteiger partial charge on any atom is 0.191 e. The van der Waals surface area contributed by atoms with Crippen LogP contribution >= 0.6 is 35.0 Å². The van der Waals surface area contributed by atoms with Crippen molar-refractivity contribution in [3.05, 3.63) is 69.5 Å². The Morgan fingerprint density at radius 1 is 1.15 bits per heavy atom. The van der Waals surface area contributed by atoms with Gasteiger partial charge >= 0.3 is 0 Å². The molecule has 0 aliphatic heterocycles. The van der Waals surface area contributed by atoms with Gasteiger partial charge in [-0.05, 0) is 43.2 Å². The van der Waals surface area contributed by atoms with Crippen molar-refractivity contribution in [3.63, 3.8) is 0 Å². The fourth-order valence-corrected chi connectivity index (χ4v) is 3.98. The highest BCUT2D eigenvalue weighted by atomic mass is 35.5. The van der Waals surface area contributed by atoms with E-state index in [-0.39, 0.29) is 6.10 Å². The fraction of sp³-hybridized carbons (Fsp3) is 0.263. The second kappa shape index (κ2) is 8.33. The molecule has 0 bridgehead atoms. The number of benzene rings is 2. The monoisotopic (exact) mass is 407 g/mol. The summed E-state index contributed by atoms with van der Waals surface area (Å²) in [5.41, 5.74) is 2.57. The molecule has 0 saturated heterocycles. The lowest BCUT2D eigenvalue weighted by molar-refractivity contribution is 0.211. The van der Waals surface area contributed by atoms with Crippen LogP contribution in [0.1, 0.15) is 30.0 Å². The highest BCUT2D eigenvalue weighted by Crippen LogP contribution is 2.31. The largest absolute Gasteiger partial charge is 0.481 e. The molecule has 0 aliphatic rings. The van der Waals surface area contributed by atoms with Crippen molar-refractivity contribution < 1.29 is 4.74 Å². The summed E-state index contributed by atoms with van der Waals surface area (Å²) in [6.45, 7) is 4.04. The smallest absolute Gasteiger partial charge is 0.191 e. The Labute approximate surface area is 167 Å². The van der Waals surface area contributed by atoms with Crippen LogP contribution in [-0.4, -0.2) is 14.8 Å². The van der Waals surface area contributed by atoms with Crippen LogP contribution in [0.4, 0.5) is 0 Å². The molecular formula is C19H19Cl2N3OS. The fourth-order valence-electron chi connectivity index (χ4n) is 2.53. The lowest BCUT2D eigenvalue weighted by atomic mass is 10.1. The first-order valence-electron chi connectivity index (χ1n) is 8.14. The van der Waals surface area contributed by atoms with Crippen molar-refractivity contribution >= 4 is 35.0 Å². The summed E-state index contributed by atoms with van der Waals surface area (Å²) in [5.74, 6) is 2.15. The molecule has 0 fully saturated rings. The highest BCUT2D eigenvalue weighted by molar-refractivity contribution is 7.98. The van der Waals surface area contributed by atoms with Crippen molar-refractivity contribution in [3.8, 4) is 5.75 Å². The number of aromatic nitrogens is 3. The van der Waals surface area contributed by atoms with E-state index < -0.39 is 0 Å². The zero-order chi connectivity index (χ0) is 18.7. The second-order valence-corrected chi connectivity index (χ2v) is 7.74. The van der Waals surface area contributed by atoms with Gasteiger partial charge in [-0.3, -0.25) is 0 Å². The van der Waals surface area contributed by atoms with Gasteiger partial charge in [-0.25, -0.2) is 0 Å². The molecule has 1 atom stereocenters. The maximum absolute atomic E-state index is 6.18. The van der Waals surface area contributed by atoms with E-state index in [9.17, 15) is 0 Å². The molecule has 26 heavy (non-hydrogen) atoms. The Bertz CT molecular complexity index is 914. The van der Waals surface area contributed by atoms with Crippen molar-refractivity contribution in [1.82, 2.24) is 14.8 Å². The van der Waals surface area contributed by atoms with Gasteiger partial charge < -0.3 is 9.30 Å². The molecule has 0 radical (unpaired) electrons. The van der Waals surface area contributed by atoms with Gasteiger partial charge in [0.2, 0.25) is 0 Å². The Morgan fingerprint density at radius 3 is 2.65 bits per heavy atom. The summed E-state index contributed by atoms with van der Waals surface area (Å²) < 4.78 is 7.89. The highest BCUT2D eigenvalue weighted by Gasteiger charge is 2.18. The average Bonchev–Trinajstić information content (AvgIpc) is 2.97. The minimum Gasteiger partial charge on any atom is -0.481 e. The second-order valence-electron chi connectivity index (χ2n) is 5.95. The van der Waals surface area contributed by atoms with Crippen molar-refractivity contribution in [2.45, 2.75) is 30.9 Å². The van der Waals surface area contributed by atoms with E-state index in [0.29, 0.717) is 15.8 Å². The normalized spacial score (nSPS) is 12.2. The molecule has 4 nitrogen and oxygen atoms in total. The van der Waals surface area contributed by atoms with Crippen LogP contribution < -0.4 is 4.74 Å². The SMILES string of the molecule is Cc1ccccc1CSc1nnc(C(C)Oc2ccc(Cl)cc2Cl)n1C. The number of hydrogen-bond donors (Lipinski definition) is 0. The first-order valence-corrected chi connectivity index (χ1v) is 9.88. The molecule has 1 heterocycles. The number of thioether (sulfide) groups is 1. The van der Waals surface area contributed by atoms with Gasteiger partial charge in [-0.2, -0.15) is 0 Å². The molecule has 0 amide bonds. The standard InChI is InChI=1S/C19H19Cl2N3OS/c1-12-6-4-5-7-14(12)11-26-19-23-22-18(24(19)3)13(2)25-17-9-8-15(20)10-16(17)21/h4-10,13H,11H2,1-3H3. The first-order chi connectivity index (χ1) is 12.5. The molecule has 2 aromatic carbocycles. The number of ether oxygens (including phenoxy) is 1. The number of nitrogens with zero attached hydrogens (tertiary/aromatic N) is 3. The third kappa shape index (κ3) is 4.34. The minimum atomic E-state index is -0.293. The van der Waals surface area contributed by atoms with Crippen LogP contribution in [0.15, 0.2) is 47.6 Å². The average molecular weight is 408 g/mol. The summed E-state index contributed by atoms with van der Waals surface area (Å²) in [4.78, 5) is 0. The van der Waals surface area contributed by atoms with E-state index in [1.165, 1.54) is 11.1 Å². The number of rotatable bonds is 6. The van der Waals surface area contributed by atoms with E-state index >= 15 is 0 Å². The maximum atomic E-state index is 6.18. The predicted octanol–water partition coefficient (Wildman–Crippen LogP) is 5.86. The third-order valence-electron chi connectivity index (χ3n) is 4.05. The zero-order valence-electron chi connectivity index (χ0n) is 14.7. The molecule has 3 rings (SSSR count). The summed E-state index contributed by atoms with van der Waals surface area (Å²) >= 11 is 13.8. The lowest BCUT2D eigenvalue weighted by Crippen LogP contribution is -2.10. The van der Waals surface area contributed by atoms with Crippen molar-refractivity contribution in [2.75, 3.05) is 0 Å². The van der Waals surface area contributed by atoms with Crippen LogP contribution in [0.25, 0.3) is 0 Å². The van der Waals surface area contributed by atoms with Crippen molar-refractivity contribution in [1.29, 1.82) is 0 Å². The molecule has 0 spiro atoms. The Hall–Kier alpha value is -1.69. The molecule has 136 valence electrons. The van der Waals surface area contributed by atoms with Gasteiger partial charge in [0.15, 0.2) is 17.1 Å². The molecule has 0 aliphatic carbocycles. The van der Waals surface area contributed by atoms with E-state index in [2.05, 4.69) is 35.3 Å². The van der Waals surface area contributed by atoms with Crippen LogP contribution in [0.3, 0.4) is 0 Å². The van der Waals surface area contributed by atoms with Crippen LogP contribution in [-0.2, 0) is 12.8 Å². The van der Waals surface area contributed by atoms with Crippen LogP contribution in [0.2, 0.25) is 10.0 Å². The topological polar surface area (TPSA) is 39.9 Å². The number of halogens is 2. The van der Waals surface area contributed by atoms with Crippen LogP contribution in [0, 0.1) is 6.92 Å². The van der Waals surface area contributed by atoms with Gasteiger partial charge in [0, 0.05) is 17.8 Å². The molecule has 1 aromatic heterocycles. The quantitative estimate of drug-likeness (QED) is 0.479. The van der Waals surface area contributed by atoms with Gasteiger partial charge in [0.05, 0.1) is 5.02 Å². The molecule has 0 N–H and O–H groups in total. The molecule has 3 aromatic rings. The van der Waals surface area contributed by atoms with Gasteiger partial charge in [-0.15, -0.1) is 10.2 Å². The summed E-state index contributed by atoms with van der Waals surface area (Å²) in [6.07, 6.45) is -0.293. The summed E-state index contributed by atoms with van der Waals surface area (Å²) in [5, 5.41) is 10.5. The molecule has 7 heteroatoms.